The minimum Gasteiger partial charge on any atom is -0.449 e. The summed E-state index contributed by atoms with van der Waals surface area (Å²) < 4.78 is 44.1. The molecule has 0 spiro atoms. The van der Waals surface area contributed by atoms with Gasteiger partial charge in [-0.05, 0) is 55.4 Å². The van der Waals surface area contributed by atoms with E-state index in [-0.39, 0.29) is 12.0 Å². The Morgan fingerprint density at radius 3 is 2.72 bits per heavy atom. The molecule has 1 aliphatic carbocycles. The number of aliphatic hydroxyl groups is 1. The van der Waals surface area contributed by atoms with Crippen molar-refractivity contribution in [1.29, 1.82) is 0 Å². The molecule has 0 aliphatic heterocycles. The van der Waals surface area contributed by atoms with Crippen LogP contribution in [0, 0.1) is 0 Å². The topological polar surface area (TPSA) is 46.5 Å². The van der Waals surface area contributed by atoms with E-state index in [0.29, 0.717) is 32.1 Å². The maximum atomic E-state index is 13.1. The highest BCUT2D eigenvalue weighted by atomic mass is 19.4. The van der Waals surface area contributed by atoms with E-state index in [1.54, 1.807) is 12.1 Å². The van der Waals surface area contributed by atoms with E-state index in [0.717, 1.165) is 24.0 Å². The zero-order valence-electron chi connectivity index (χ0n) is 14.4. The van der Waals surface area contributed by atoms with Crippen molar-refractivity contribution < 1.29 is 27.8 Å². The molecule has 140 valence electrons. The molecule has 0 amide bonds. The summed E-state index contributed by atoms with van der Waals surface area (Å²) in [5.41, 5.74) is 1.96. The molecule has 1 unspecified atom stereocenters. The summed E-state index contributed by atoms with van der Waals surface area (Å²) in [6.45, 7) is 1.98. The van der Waals surface area contributed by atoms with Crippen LogP contribution in [-0.2, 0) is 17.6 Å². The second-order valence-electron chi connectivity index (χ2n) is 6.67. The summed E-state index contributed by atoms with van der Waals surface area (Å²) in [7, 11) is 0. The Hall–Kier alpha value is -1.56. The van der Waals surface area contributed by atoms with Crippen LogP contribution in [0.2, 0.25) is 0 Å². The number of esters is 1. The Labute approximate surface area is 146 Å². The normalized spacial score (nSPS) is 18.5. The van der Waals surface area contributed by atoms with Crippen molar-refractivity contribution >= 4 is 5.97 Å². The number of halogens is 3. The van der Waals surface area contributed by atoms with Gasteiger partial charge in [0.05, 0.1) is 11.7 Å². The van der Waals surface area contributed by atoms with Crippen molar-refractivity contribution in [3.63, 3.8) is 0 Å². The molecule has 0 heterocycles. The van der Waals surface area contributed by atoms with Gasteiger partial charge in [0, 0.05) is 0 Å². The summed E-state index contributed by atoms with van der Waals surface area (Å²) >= 11 is 0. The van der Waals surface area contributed by atoms with Crippen LogP contribution in [0.4, 0.5) is 13.2 Å². The van der Waals surface area contributed by atoms with E-state index in [4.69, 9.17) is 4.74 Å². The number of rotatable bonds is 7. The third-order valence-corrected chi connectivity index (χ3v) is 4.58. The summed E-state index contributed by atoms with van der Waals surface area (Å²) in [6, 6.07) is 4.76. The molecule has 6 heteroatoms. The van der Waals surface area contributed by atoms with E-state index in [1.807, 2.05) is 6.92 Å². The van der Waals surface area contributed by atoms with Gasteiger partial charge in [-0.1, -0.05) is 32.3 Å². The van der Waals surface area contributed by atoms with Gasteiger partial charge in [0.2, 0.25) is 0 Å². The lowest BCUT2D eigenvalue weighted by Crippen LogP contribution is -2.34. The first-order chi connectivity index (χ1) is 11.8. The number of hydrogen-bond donors (Lipinski definition) is 1. The van der Waals surface area contributed by atoms with E-state index in [1.165, 1.54) is 6.07 Å². The fourth-order valence-corrected chi connectivity index (χ4v) is 3.11. The summed E-state index contributed by atoms with van der Waals surface area (Å²) in [5.74, 6) is -0.938. The van der Waals surface area contributed by atoms with Gasteiger partial charge in [0.25, 0.3) is 0 Å². The van der Waals surface area contributed by atoms with Crippen molar-refractivity contribution in [2.75, 3.05) is 0 Å². The SMILES string of the molecule is CCCCCC[C@@H](OC(=O)c1ccc2c(c1)CCC(O)C2)C(F)(F)F. The third kappa shape index (κ3) is 5.73. The Bertz CT molecular complexity index is 584. The van der Waals surface area contributed by atoms with E-state index in [9.17, 15) is 23.1 Å². The molecule has 1 aromatic rings. The molecule has 1 aromatic carbocycles. The lowest BCUT2D eigenvalue weighted by atomic mass is 9.89. The van der Waals surface area contributed by atoms with Crippen LogP contribution in [0.25, 0.3) is 0 Å². The van der Waals surface area contributed by atoms with Crippen molar-refractivity contribution in [2.45, 2.75) is 76.7 Å². The highest BCUT2D eigenvalue weighted by Crippen LogP contribution is 2.29. The van der Waals surface area contributed by atoms with Crippen molar-refractivity contribution in [3.05, 3.63) is 34.9 Å². The zero-order valence-corrected chi connectivity index (χ0v) is 14.4. The number of ether oxygens (including phenoxy) is 1. The third-order valence-electron chi connectivity index (χ3n) is 4.58. The molecule has 2 rings (SSSR count). The fourth-order valence-electron chi connectivity index (χ4n) is 3.11. The van der Waals surface area contributed by atoms with E-state index in [2.05, 4.69) is 0 Å². The lowest BCUT2D eigenvalue weighted by molar-refractivity contribution is -0.206. The number of carbonyl (C=O) groups excluding carboxylic acids is 1. The predicted molar refractivity (Wildman–Crippen MR) is 88.5 cm³/mol. The molecule has 25 heavy (non-hydrogen) atoms. The van der Waals surface area contributed by atoms with Crippen LogP contribution in [0.15, 0.2) is 18.2 Å². The van der Waals surface area contributed by atoms with E-state index < -0.39 is 24.4 Å². The second-order valence-corrected chi connectivity index (χ2v) is 6.67. The first-order valence-electron chi connectivity index (χ1n) is 8.88. The Morgan fingerprint density at radius 2 is 2.04 bits per heavy atom. The molecule has 0 aromatic heterocycles. The lowest BCUT2D eigenvalue weighted by Gasteiger charge is -2.23. The average Bonchev–Trinajstić information content (AvgIpc) is 2.56. The highest BCUT2D eigenvalue weighted by Gasteiger charge is 2.42. The maximum absolute atomic E-state index is 13.1. The van der Waals surface area contributed by atoms with E-state index >= 15 is 0 Å². The number of alkyl halides is 3. The second kappa shape index (κ2) is 8.70. The van der Waals surface area contributed by atoms with Crippen LogP contribution in [0.3, 0.4) is 0 Å². The van der Waals surface area contributed by atoms with Crippen molar-refractivity contribution in [1.82, 2.24) is 0 Å². The van der Waals surface area contributed by atoms with Gasteiger partial charge in [0.15, 0.2) is 6.10 Å². The monoisotopic (exact) mass is 358 g/mol. The number of carbonyl (C=O) groups is 1. The summed E-state index contributed by atoms with van der Waals surface area (Å²) in [6.07, 6.45) is -2.63. The minimum absolute atomic E-state index is 0.137. The smallest absolute Gasteiger partial charge is 0.425 e. The molecular formula is C19H25F3O3. The quantitative estimate of drug-likeness (QED) is 0.573. The molecule has 0 saturated heterocycles. The molecule has 0 saturated carbocycles. The number of aryl methyl sites for hydroxylation is 1. The Balaban J connectivity index is 2.02. The first kappa shape index (κ1) is 19.8. The first-order valence-corrected chi connectivity index (χ1v) is 8.88. The number of benzene rings is 1. The molecule has 1 aliphatic rings. The van der Waals surface area contributed by atoms with Crippen molar-refractivity contribution in [3.8, 4) is 0 Å². The zero-order chi connectivity index (χ0) is 18.4. The van der Waals surface area contributed by atoms with Crippen LogP contribution in [-0.4, -0.2) is 29.5 Å². The van der Waals surface area contributed by atoms with Gasteiger partial charge in [0.1, 0.15) is 0 Å². The summed E-state index contributed by atoms with van der Waals surface area (Å²) in [5, 5.41) is 9.65. The van der Waals surface area contributed by atoms with Gasteiger partial charge in [-0.15, -0.1) is 0 Å². The van der Waals surface area contributed by atoms with Crippen LogP contribution < -0.4 is 0 Å². The molecular weight excluding hydrogens is 333 g/mol. The number of fused-ring (bicyclic) bond motifs is 1. The molecule has 2 atom stereocenters. The Kier molecular flexibility index (Phi) is 6.87. The van der Waals surface area contributed by atoms with Gasteiger partial charge in [-0.2, -0.15) is 13.2 Å². The highest BCUT2D eigenvalue weighted by molar-refractivity contribution is 5.90. The minimum atomic E-state index is -4.56. The van der Waals surface area contributed by atoms with Crippen LogP contribution in [0.5, 0.6) is 0 Å². The predicted octanol–water partition coefficient (Wildman–Crippen LogP) is 4.59. The Morgan fingerprint density at radius 1 is 1.28 bits per heavy atom. The molecule has 1 N–H and O–H groups in total. The van der Waals surface area contributed by atoms with Gasteiger partial charge < -0.3 is 9.84 Å². The fraction of sp³-hybridized carbons (Fsp3) is 0.632. The number of aliphatic hydroxyl groups excluding tert-OH is 1. The van der Waals surface area contributed by atoms with Crippen LogP contribution >= 0.6 is 0 Å². The maximum Gasteiger partial charge on any atom is 0.425 e. The largest absolute Gasteiger partial charge is 0.449 e. The van der Waals surface area contributed by atoms with Crippen molar-refractivity contribution in [2.24, 2.45) is 0 Å². The van der Waals surface area contributed by atoms with Gasteiger partial charge in [-0.3, -0.25) is 0 Å². The average molecular weight is 358 g/mol. The standard InChI is InChI=1S/C19H25F3O3/c1-2-3-4-5-6-17(19(20,21)22)25-18(24)15-8-7-14-12-16(23)10-9-13(14)11-15/h7-8,11,16-17,23H,2-6,9-10,12H2,1H3/t16?,17-/m1/s1. The van der Waals surface area contributed by atoms with Gasteiger partial charge >= 0.3 is 12.1 Å². The van der Waals surface area contributed by atoms with Gasteiger partial charge in [-0.25, -0.2) is 4.79 Å². The molecule has 0 bridgehead atoms. The molecule has 3 nitrogen and oxygen atoms in total. The molecule has 0 radical (unpaired) electrons. The molecule has 0 fully saturated rings. The summed E-state index contributed by atoms with van der Waals surface area (Å²) in [4.78, 5) is 12.2. The van der Waals surface area contributed by atoms with Crippen LogP contribution in [0.1, 0.15) is 66.9 Å². The number of hydrogen-bond acceptors (Lipinski definition) is 3. The number of unbranched alkanes of at least 4 members (excludes halogenated alkanes) is 3.